The van der Waals surface area contributed by atoms with Crippen LogP contribution >= 0.6 is 12.2 Å². The molecule has 0 unspecified atom stereocenters. The van der Waals surface area contributed by atoms with Crippen molar-refractivity contribution in [2.45, 2.75) is 26.3 Å². The first-order valence-electron chi connectivity index (χ1n) is 3.37. The van der Waals surface area contributed by atoms with Crippen molar-refractivity contribution in [3.8, 4) is 0 Å². The Kier molecular flexibility index (Phi) is 3.80. The SMILES string of the molecule is C=C1OC1=O.CC(C)(C)N=C=S. The second-order valence-electron chi connectivity index (χ2n) is 3.19. The van der Waals surface area contributed by atoms with E-state index >= 15 is 0 Å². The topological polar surface area (TPSA) is 42.0 Å². The monoisotopic (exact) mass is 185 g/mol. The second kappa shape index (κ2) is 4.14. The maximum atomic E-state index is 9.56. The van der Waals surface area contributed by atoms with Gasteiger partial charge in [0, 0.05) is 0 Å². The van der Waals surface area contributed by atoms with Gasteiger partial charge in [-0.25, -0.2) is 9.79 Å². The van der Waals surface area contributed by atoms with Gasteiger partial charge in [0.25, 0.3) is 0 Å². The van der Waals surface area contributed by atoms with Gasteiger partial charge in [0.2, 0.25) is 5.76 Å². The van der Waals surface area contributed by atoms with E-state index in [1.165, 1.54) is 0 Å². The molecule has 1 aliphatic heterocycles. The molecule has 0 aromatic rings. The molecule has 0 spiro atoms. The molecule has 3 nitrogen and oxygen atoms in total. The molecule has 0 aromatic heterocycles. The number of hydrogen-bond donors (Lipinski definition) is 0. The largest absolute Gasteiger partial charge is 0.414 e. The fraction of sp³-hybridized carbons (Fsp3) is 0.500. The normalized spacial score (nSPS) is 13.6. The highest BCUT2D eigenvalue weighted by atomic mass is 32.1. The molecule has 0 aromatic carbocycles. The highest BCUT2D eigenvalue weighted by Gasteiger charge is 2.26. The van der Waals surface area contributed by atoms with Crippen LogP contribution in [0.2, 0.25) is 0 Å². The first-order valence-corrected chi connectivity index (χ1v) is 3.78. The van der Waals surface area contributed by atoms with E-state index < -0.39 is 0 Å². The van der Waals surface area contributed by atoms with Gasteiger partial charge in [-0.1, -0.05) is 0 Å². The van der Waals surface area contributed by atoms with E-state index in [9.17, 15) is 4.79 Å². The minimum atomic E-state index is -0.273. The van der Waals surface area contributed by atoms with Crippen molar-refractivity contribution >= 4 is 23.3 Å². The summed E-state index contributed by atoms with van der Waals surface area (Å²) >= 11 is 4.38. The minimum absolute atomic E-state index is 0.0399. The van der Waals surface area contributed by atoms with Gasteiger partial charge in [0.05, 0.1) is 10.7 Å². The fourth-order valence-electron chi connectivity index (χ4n) is 0.223. The Morgan fingerprint density at radius 1 is 1.58 bits per heavy atom. The third-order valence-electron chi connectivity index (χ3n) is 0.783. The van der Waals surface area contributed by atoms with Gasteiger partial charge in [0.15, 0.2) is 0 Å². The van der Waals surface area contributed by atoms with Gasteiger partial charge < -0.3 is 4.74 Å². The van der Waals surface area contributed by atoms with Gasteiger partial charge in [-0.05, 0) is 39.6 Å². The predicted octanol–water partition coefficient (Wildman–Crippen LogP) is 1.94. The van der Waals surface area contributed by atoms with Gasteiger partial charge in [0.1, 0.15) is 0 Å². The summed E-state index contributed by atoms with van der Waals surface area (Å²) in [6, 6.07) is 0. The molecule has 66 valence electrons. The summed E-state index contributed by atoms with van der Waals surface area (Å²) in [5.41, 5.74) is -0.0399. The molecule has 0 N–H and O–H groups in total. The van der Waals surface area contributed by atoms with Gasteiger partial charge >= 0.3 is 5.97 Å². The van der Waals surface area contributed by atoms with Crippen LogP contribution in [0.25, 0.3) is 0 Å². The quantitative estimate of drug-likeness (QED) is 0.251. The van der Waals surface area contributed by atoms with Gasteiger partial charge in [-0.15, -0.1) is 0 Å². The number of cyclic esters (lactones) is 1. The highest BCUT2D eigenvalue weighted by molar-refractivity contribution is 7.78. The Bertz CT molecular complexity index is 234. The predicted molar refractivity (Wildman–Crippen MR) is 50.0 cm³/mol. The van der Waals surface area contributed by atoms with Crippen LogP contribution in [0, 0.1) is 0 Å². The van der Waals surface area contributed by atoms with Crippen molar-refractivity contribution in [3.63, 3.8) is 0 Å². The van der Waals surface area contributed by atoms with E-state index in [0.717, 1.165) is 0 Å². The number of isothiocyanates is 1. The molecular weight excluding hydrogens is 174 g/mol. The third kappa shape index (κ3) is 7.12. The van der Waals surface area contributed by atoms with Crippen LogP contribution in [0.3, 0.4) is 0 Å². The van der Waals surface area contributed by atoms with Crippen molar-refractivity contribution in [2.75, 3.05) is 0 Å². The van der Waals surface area contributed by atoms with Crippen LogP contribution in [0.1, 0.15) is 20.8 Å². The van der Waals surface area contributed by atoms with Crippen LogP contribution in [0.15, 0.2) is 17.3 Å². The molecule has 0 saturated carbocycles. The molecule has 0 atom stereocenters. The molecule has 0 aliphatic carbocycles. The average molecular weight is 185 g/mol. The second-order valence-corrected chi connectivity index (χ2v) is 3.37. The highest BCUT2D eigenvalue weighted by Crippen LogP contribution is 2.11. The molecule has 12 heavy (non-hydrogen) atoms. The van der Waals surface area contributed by atoms with Crippen molar-refractivity contribution in [1.82, 2.24) is 0 Å². The molecule has 1 fully saturated rings. The summed E-state index contributed by atoms with van der Waals surface area (Å²) in [6.45, 7) is 9.11. The maximum absolute atomic E-state index is 9.56. The number of ether oxygens (including phenoxy) is 1. The number of nitrogens with zero attached hydrogens (tertiary/aromatic N) is 1. The van der Waals surface area contributed by atoms with E-state index in [1.807, 2.05) is 20.8 Å². The van der Waals surface area contributed by atoms with Crippen LogP contribution in [0.4, 0.5) is 0 Å². The van der Waals surface area contributed by atoms with Crippen LogP contribution in [-0.4, -0.2) is 16.7 Å². The fourth-order valence-corrected chi connectivity index (χ4v) is 0.497. The summed E-state index contributed by atoms with van der Waals surface area (Å²) in [4.78, 5) is 13.4. The standard InChI is InChI=1S/C5H9NS.C3H2O2/c1-5(2,3)6-4-7;1-2-3(4)5-2/h1-3H3;1H2. The smallest absolute Gasteiger partial charge is 0.379 e. The zero-order chi connectivity index (χ0) is 9.78. The van der Waals surface area contributed by atoms with E-state index in [-0.39, 0.29) is 17.3 Å². The number of carbonyl (C=O) groups is 1. The molecule has 1 rings (SSSR count). The summed E-state index contributed by atoms with van der Waals surface area (Å²) < 4.78 is 4.08. The summed E-state index contributed by atoms with van der Waals surface area (Å²) in [5.74, 6) is 0.00926. The van der Waals surface area contributed by atoms with Crippen molar-refractivity contribution < 1.29 is 9.53 Å². The lowest BCUT2D eigenvalue weighted by atomic mass is 10.1. The number of carbonyl (C=O) groups excluding carboxylic acids is 1. The Hall–Kier alpha value is -0.990. The van der Waals surface area contributed by atoms with Crippen molar-refractivity contribution in [1.29, 1.82) is 0 Å². The summed E-state index contributed by atoms with van der Waals surface area (Å²) in [5, 5.41) is 2.32. The van der Waals surface area contributed by atoms with E-state index in [0.29, 0.717) is 0 Å². The number of aliphatic imine (C=N–C) groups is 1. The lowest BCUT2D eigenvalue weighted by molar-refractivity contribution is -0.117. The van der Waals surface area contributed by atoms with E-state index in [4.69, 9.17) is 0 Å². The first kappa shape index (κ1) is 11.0. The van der Waals surface area contributed by atoms with Crippen LogP contribution in [-0.2, 0) is 9.53 Å². The first-order chi connectivity index (χ1) is 5.37. The number of rotatable bonds is 0. The van der Waals surface area contributed by atoms with Crippen molar-refractivity contribution in [3.05, 3.63) is 12.3 Å². The molecule has 0 radical (unpaired) electrons. The Balaban J connectivity index is 0.000000211. The van der Waals surface area contributed by atoms with Gasteiger partial charge in [-0.2, -0.15) is 0 Å². The van der Waals surface area contributed by atoms with E-state index in [1.54, 1.807) is 0 Å². The number of thiocarbonyl (C=S) groups is 1. The summed E-state index contributed by atoms with van der Waals surface area (Å²) in [6.07, 6.45) is 0. The Morgan fingerprint density at radius 2 is 1.92 bits per heavy atom. The Labute approximate surface area is 77.1 Å². The molecule has 4 heteroatoms. The Morgan fingerprint density at radius 3 is 1.92 bits per heavy atom. The van der Waals surface area contributed by atoms with E-state index in [2.05, 4.69) is 33.7 Å². The molecule has 0 bridgehead atoms. The van der Waals surface area contributed by atoms with Gasteiger partial charge in [-0.3, -0.25) is 0 Å². The minimum Gasteiger partial charge on any atom is -0.414 e. The number of hydrogen-bond acceptors (Lipinski definition) is 4. The van der Waals surface area contributed by atoms with Crippen molar-refractivity contribution in [2.24, 2.45) is 4.99 Å². The van der Waals surface area contributed by atoms with Crippen LogP contribution < -0.4 is 0 Å². The molecular formula is C8H11NO2S. The molecule has 1 heterocycles. The number of epoxide rings is 1. The molecule has 1 aliphatic rings. The zero-order valence-electron chi connectivity index (χ0n) is 7.38. The average Bonchev–Trinajstić information content (AvgIpc) is 2.43. The lowest BCUT2D eigenvalue weighted by Crippen LogP contribution is -2.07. The maximum Gasteiger partial charge on any atom is 0.379 e. The third-order valence-corrected chi connectivity index (χ3v) is 0.874. The molecule has 1 saturated heterocycles. The summed E-state index contributed by atoms with van der Waals surface area (Å²) in [7, 11) is 0. The lowest BCUT2D eigenvalue weighted by Gasteiger charge is -2.06. The zero-order valence-corrected chi connectivity index (χ0v) is 8.20. The molecule has 0 amide bonds. The van der Waals surface area contributed by atoms with Crippen LogP contribution in [0.5, 0.6) is 0 Å².